The van der Waals surface area contributed by atoms with Gasteiger partial charge in [0, 0.05) is 37.2 Å². The number of hydrogen-bond acceptors (Lipinski definition) is 2. The van der Waals surface area contributed by atoms with Crippen molar-refractivity contribution in [3.8, 4) is 12.3 Å². The van der Waals surface area contributed by atoms with E-state index in [1.165, 1.54) is 0 Å². The number of para-hydroxylation sites is 1. The number of hydrogen-bond donors (Lipinski definition) is 1. The summed E-state index contributed by atoms with van der Waals surface area (Å²) < 4.78 is 1.65. The maximum Gasteiger partial charge on any atom is 0.252 e. The average Bonchev–Trinajstić information content (AvgIpc) is 2.40. The van der Waals surface area contributed by atoms with Crippen LogP contribution in [0.4, 0.5) is 5.69 Å². The van der Waals surface area contributed by atoms with Crippen molar-refractivity contribution < 1.29 is 0 Å². The van der Waals surface area contributed by atoms with E-state index < -0.39 is 0 Å². The minimum atomic E-state index is -0.00634. The zero-order chi connectivity index (χ0) is 13.0. The van der Waals surface area contributed by atoms with Crippen molar-refractivity contribution in [2.45, 2.75) is 12.8 Å². The van der Waals surface area contributed by atoms with Crippen LogP contribution in [0, 0.1) is 12.3 Å². The lowest BCUT2D eigenvalue weighted by Crippen LogP contribution is -2.17. The second-order valence-corrected chi connectivity index (χ2v) is 4.21. The summed E-state index contributed by atoms with van der Waals surface area (Å²) in [5.41, 5.74) is 1.81. The molecule has 0 aliphatic carbocycles. The summed E-state index contributed by atoms with van der Waals surface area (Å²) in [6.45, 7) is 0.779. The fraction of sp³-hybridized carbons (Fsp3) is 0.267. The van der Waals surface area contributed by atoms with Crippen molar-refractivity contribution in [1.82, 2.24) is 4.57 Å². The van der Waals surface area contributed by atoms with E-state index in [0.717, 1.165) is 36.0 Å². The van der Waals surface area contributed by atoms with Crippen LogP contribution in [0.1, 0.15) is 12.8 Å². The first-order chi connectivity index (χ1) is 8.74. The van der Waals surface area contributed by atoms with E-state index >= 15 is 0 Å². The van der Waals surface area contributed by atoms with Gasteiger partial charge in [-0.2, -0.15) is 0 Å². The van der Waals surface area contributed by atoms with Gasteiger partial charge in [-0.15, -0.1) is 12.3 Å². The molecule has 0 unspecified atom stereocenters. The lowest BCUT2D eigenvalue weighted by molar-refractivity contribution is 0.893. The summed E-state index contributed by atoms with van der Waals surface area (Å²) in [5, 5.41) is 4.34. The number of rotatable bonds is 4. The molecular weight excluding hydrogens is 224 g/mol. The van der Waals surface area contributed by atoms with E-state index in [2.05, 4.69) is 11.2 Å². The minimum absolute atomic E-state index is 0.00634. The molecule has 0 aliphatic rings. The highest BCUT2D eigenvalue weighted by molar-refractivity contribution is 5.91. The molecule has 18 heavy (non-hydrogen) atoms. The van der Waals surface area contributed by atoms with Crippen LogP contribution >= 0.6 is 0 Å². The summed E-state index contributed by atoms with van der Waals surface area (Å²) >= 11 is 0. The SMILES string of the molecule is C#CCCCNc1cc(=O)n(C)c2ccccc12. The number of anilines is 1. The minimum Gasteiger partial charge on any atom is -0.384 e. The molecule has 92 valence electrons. The molecule has 0 atom stereocenters. The quantitative estimate of drug-likeness (QED) is 0.657. The van der Waals surface area contributed by atoms with Crippen LogP contribution in [-0.4, -0.2) is 11.1 Å². The Balaban J connectivity index is 2.36. The Morgan fingerprint density at radius 2 is 2.17 bits per heavy atom. The largest absolute Gasteiger partial charge is 0.384 e. The van der Waals surface area contributed by atoms with Crippen molar-refractivity contribution in [2.75, 3.05) is 11.9 Å². The molecule has 3 heteroatoms. The van der Waals surface area contributed by atoms with Gasteiger partial charge in [0.05, 0.1) is 5.52 Å². The number of nitrogens with zero attached hydrogens (tertiary/aromatic N) is 1. The maximum absolute atomic E-state index is 11.8. The van der Waals surface area contributed by atoms with Gasteiger partial charge in [-0.1, -0.05) is 18.2 Å². The second kappa shape index (κ2) is 5.42. The van der Waals surface area contributed by atoms with Crippen molar-refractivity contribution in [3.05, 3.63) is 40.7 Å². The number of aryl methyl sites for hydroxylation is 1. The van der Waals surface area contributed by atoms with Crippen molar-refractivity contribution >= 4 is 16.6 Å². The van der Waals surface area contributed by atoms with Crippen molar-refractivity contribution in [2.24, 2.45) is 7.05 Å². The molecule has 0 bridgehead atoms. The summed E-state index contributed by atoms with van der Waals surface area (Å²) in [6.07, 6.45) is 6.86. The third kappa shape index (κ3) is 2.38. The first-order valence-electron chi connectivity index (χ1n) is 6.00. The van der Waals surface area contributed by atoms with Gasteiger partial charge < -0.3 is 9.88 Å². The highest BCUT2D eigenvalue weighted by atomic mass is 16.1. The molecule has 2 aromatic rings. The second-order valence-electron chi connectivity index (χ2n) is 4.21. The maximum atomic E-state index is 11.8. The Labute approximate surface area is 106 Å². The summed E-state index contributed by atoms with van der Waals surface area (Å²) in [7, 11) is 1.78. The van der Waals surface area contributed by atoms with Gasteiger partial charge in [-0.3, -0.25) is 4.79 Å². The number of terminal acetylenes is 1. The van der Waals surface area contributed by atoms with Gasteiger partial charge in [0.1, 0.15) is 0 Å². The number of unbranched alkanes of at least 4 members (excludes halogenated alkanes) is 1. The number of nitrogens with one attached hydrogen (secondary N) is 1. The number of fused-ring (bicyclic) bond motifs is 1. The fourth-order valence-corrected chi connectivity index (χ4v) is 1.97. The molecular formula is C15H16N2O. The molecule has 0 fully saturated rings. The van der Waals surface area contributed by atoms with E-state index in [0.29, 0.717) is 0 Å². The third-order valence-electron chi connectivity index (χ3n) is 2.97. The Morgan fingerprint density at radius 3 is 2.94 bits per heavy atom. The van der Waals surface area contributed by atoms with Gasteiger partial charge in [0.15, 0.2) is 0 Å². The summed E-state index contributed by atoms with van der Waals surface area (Å²) in [5.74, 6) is 2.61. The number of pyridine rings is 1. The fourth-order valence-electron chi connectivity index (χ4n) is 1.97. The van der Waals surface area contributed by atoms with Gasteiger partial charge in [0.25, 0.3) is 5.56 Å². The van der Waals surface area contributed by atoms with E-state index in [9.17, 15) is 4.79 Å². The normalized spacial score (nSPS) is 10.2. The predicted octanol–water partition coefficient (Wildman–Crippen LogP) is 2.36. The lowest BCUT2D eigenvalue weighted by atomic mass is 10.1. The van der Waals surface area contributed by atoms with Crippen LogP contribution in [0.25, 0.3) is 10.9 Å². The topological polar surface area (TPSA) is 34.0 Å². The Hall–Kier alpha value is -2.21. The predicted molar refractivity (Wildman–Crippen MR) is 75.7 cm³/mol. The molecule has 2 rings (SSSR count). The summed E-state index contributed by atoms with van der Waals surface area (Å²) in [6, 6.07) is 9.50. The molecule has 0 radical (unpaired) electrons. The zero-order valence-electron chi connectivity index (χ0n) is 10.4. The highest BCUT2D eigenvalue weighted by Gasteiger charge is 2.04. The first kappa shape index (κ1) is 12.3. The average molecular weight is 240 g/mol. The van der Waals surface area contributed by atoms with E-state index in [1.54, 1.807) is 17.7 Å². The highest BCUT2D eigenvalue weighted by Crippen LogP contribution is 2.20. The molecule has 1 heterocycles. The zero-order valence-corrected chi connectivity index (χ0v) is 10.4. The van der Waals surface area contributed by atoms with Gasteiger partial charge in [-0.25, -0.2) is 0 Å². The molecule has 0 spiro atoms. The van der Waals surface area contributed by atoms with Gasteiger partial charge in [-0.05, 0) is 12.5 Å². The molecule has 1 aromatic carbocycles. The van der Waals surface area contributed by atoms with E-state index in [1.807, 2.05) is 24.3 Å². The van der Waals surface area contributed by atoms with Crippen LogP contribution in [-0.2, 0) is 7.05 Å². The monoisotopic (exact) mass is 240 g/mol. The van der Waals surface area contributed by atoms with Crippen LogP contribution in [0.2, 0.25) is 0 Å². The first-order valence-corrected chi connectivity index (χ1v) is 6.00. The molecule has 0 amide bonds. The molecule has 0 aliphatic heterocycles. The Morgan fingerprint density at radius 1 is 1.39 bits per heavy atom. The molecule has 1 aromatic heterocycles. The van der Waals surface area contributed by atoms with E-state index in [-0.39, 0.29) is 5.56 Å². The van der Waals surface area contributed by atoms with Crippen LogP contribution in [0.5, 0.6) is 0 Å². The van der Waals surface area contributed by atoms with E-state index in [4.69, 9.17) is 6.42 Å². The Kier molecular flexibility index (Phi) is 3.69. The van der Waals surface area contributed by atoms with Gasteiger partial charge >= 0.3 is 0 Å². The molecule has 1 N–H and O–H groups in total. The molecule has 0 saturated heterocycles. The van der Waals surface area contributed by atoms with Crippen LogP contribution in [0.3, 0.4) is 0 Å². The number of benzene rings is 1. The Bertz CT molecular complexity index is 650. The van der Waals surface area contributed by atoms with Gasteiger partial charge in [0.2, 0.25) is 0 Å². The third-order valence-corrected chi connectivity index (χ3v) is 2.97. The van der Waals surface area contributed by atoms with Crippen molar-refractivity contribution in [3.63, 3.8) is 0 Å². The lowest BCUT2D eigenvalue weighted by Gasteiger charge is -2.11. The number of aromatic nitrogens is 1. The van der Waals surface area contributed by atoms with Crippen LogP contribution in [0.15, 0.2) is 35.1 Å². The standard InChI is InChI=1S/C15H16N2O/c1-3-4-7-10-16-13-11-15(18)17(2)14-9-6-5-8-12(13)14/h1,5-6,8-9,11,16H,4,7,10H2,2H3. The smallest absolute Gasteiger partial charge is 0.252 e. The van der Waals surface area contributed by atoms with Crippen molar-refractivity contribution in [1.29, 1.82) is 0 Å². The molecule has 3 nitrogen and oxygen atoms in total. The van der Waals surface area contributed by atoms with Crippen LogP contribution < -0.4 is 10.9 Å². The summed E-state index contributed by atoms with van der Waals surface area (Å²) in [4.78, 5) is 11.8. The molecule has 0 saturated carbocycles.